The van der Waals surface area contributed by atoms with E-state index in [9.17, 15) is 0 Å². The van der Waals surface area contributed by atoms with Crippen molar-refractivity contribution in [3.63, 3.8) is 0 Å². The fourth-order valence-corrected chi connectivity index (χ4v) is 11.2. The molecule has 0 amide bonds. The van der Waals surface area contributed by atoms with E-state index in [0.29, 0.717) is 25.8 Å². The summed E-state index contributed by atoms with van der Waals surface area (Å²) in [5.74, 6) is 0.638. The van der Waals surface area contributed by atoms with Crippen molar-refractivity contribution in [3.05, 3.63) is 169 Å². The van der Waals surface area contributed by atoms with Crippen LogP contribution in [0.1, 0.15) is 69.9 Å². The summed E-state index contributed by atoms with van der Waals surface area (Å²) < 4.78 is 40.1. The Balaban J connectivity index is 0.841. The molecule has 0 bridgehead atoms. The van der Waals surface area contributed by atoms with E-state index < -0.39 is 0 Å². The van der Waals surface area contributed by atoms with Gasteiger partial charge in [0.1, 0.15) is 0 Å². The molecule has 0 spiro atoms. The third-order valence-electron chi connectivity index (χ3n) is 15.9. The van der Waals surface area contributed by atoms with Gasteiger partial charge in [0.2, 0.25) is 5.95 Å². The van der Waals surface area contributed by atoms with Crippen LogP contribution in [0.15, 0.2) is 158 Å². The molecule has 10 nitrogen and oxygen atoms in total. The first-order chi connectivity index (χ1) is 37.9. The highest BCUT2D eigenvalue weighted by molar-refractivity contribution is 6.13. The minimum absolute atomic E-state index is 0.197. The van der Waals surface area contributed by atoms with Crippen molar-refractivity contribution in [2.75, 3.05) is 66.1 Å². The zero-order valence-electron chi connectivity index (χ0n) is 44.7. The van der Waals surface area contributed by atoms with Crippen LogP contribution in [-0.4, -0.2) is 85.2 Å². The quantitative estimate of drug-likeness (QED) is 0.0523. The first-order valence-corrected chi connectivity index (χ1v) is 27.9. The topological polar surface area (TPSA) is 91.0 Å². The molecule has 77 heavy (non-hydrogen) atoms. The Hall–Kier alpha value is -6.76. The van der Waals surface area contributed by atoms with Gasteiger partial charge in [-0.05, 0) is 134 Å². The number of ether oxygens (including phenoxy) is 6. The van der Waals surface area contributed by atoms with Gasteiger partial charge in [0.25, 0.3) is 0 Å². The summed E-state index contributed by atoms with van der Waals surface area (Å²) in [6, 6.07) is 56.7. The molecule has 2 fully saturated rings. The molecule has 2 aliphatic rings. The second-order valence-corrected chi connectivity index (χ2v) is 21.9. The van der Waals surface area contributed by atoms with Crippen molar-refractivity contribution < 1.29 is 28.4 Å². The lowest BCUT2D eigenvalue weighted by Gasteiger charge is -2.40. The fourth-order valence-electron chi connectivity index (χ4n) is 11.2. The average molecular weight is 1030 g/mol. The Morgan fingerprint density at radius 1 is 0.455 bits per heavy atom. The Morgan fingerprint density at radius 2 is 0.961 bits per heavy atom. The van der Waals surface area contributed by atoms with Crippen molar-refractivity contribution in [1.82, 2.24) is 19.1 Å². The van der Waals surface area contributed by atoms with E-state index >= 15 is 0 Å². The molecule has 394 valence electrons. The molecule has 0 aliphatic carbocycles. The third kappa shape index (κ3) is 10.9. The summed E-state index contributed by atoms with van der Waals surface area (Å²) in [7, 11) is 0. The average Bonchev–Trinajstić information content (AvgIpc) is 4.10. The van der Waals surface area contributed by atoms with Crippen LogP contribution in [0.3, 0.4) is 0 Å². The molecule has 0 N–H and O–H groups in total. The summed E-state index contributed by atoms with van der Waals surface area (Å²) in [5, 5.41) is 5.69. The Labute approximate surface area is 451 Å². The predicted octanol–water partition coefficient (Wildman–Crippen LogP) is 15.0. The van der Waals surface area contributed by atoms with Gasteiger partial charge in [0, 0.05) is 75.4 Å². The van der Waals surface area contributed by atoms with E-state index in [1.807, 2.05) is 6.07 Å². The number of para-hydroxylation sites is 2. The lowest BCUT2D eigenvalue weighted by molar-refractivity contribution is -0.150. The number of rotatable bonds is 25. The Morgan fingerprint density at radius 3 is 1.52 bits per heavy atom. The number of nitrogens with zero attached hydrogens (tertiary/aromatic N) is 4. The van der Waals surface area contributed by atoms with Crippen LogP contribution in [0.5, 0.6) is 0 Å². The smallest absolute Gasteiger partial charge is 0.235 e. The molecule has 12 rings (SSSR count). The molecule has 7 aromatic carbocycles. The maximum absolute atomic E-state index is 6.36. The zero-order valence-corrected chi connectivity index (χ0v) is 44.7. The maximum Gasteiger partial charge on any atom is 0.235 e. The highest BCUT2D eigenvalue weighted by atomic mass is 16.5. The van der Waals surface area contributed by atoms with E-state index in [4.69, 9.17) is 38.4 Å². The molecule has 2 aliphatic heterocycles. The first-order valence-electron chi connectivity index (χ1n) is 27.9. The summed E-state index contributed by atoms with van der Waals surface area (Å²) in [4.78, 5) is 10.7. The Kier molecular flexibility index (Phi) is 15.3. The number of unbranched alkanes of at least 4 members (excludes halogenated alkanes) is 4. The number of fused-ring (bicyclic) bond motifs is 7. The van der Waals surface area contributed by atoms with Gasteiger partial charge in [0.05, 0.1) is 86.1 Å². The minimum atomic E-state index is 0.197. The largest absolute Gasteiger partial charge is 0.381 e. The van der Waals surface area contributed by atoms with E-state index in [0.717, 1.165) is 176 Å². The molecule has 3 aromatic heterocycles. The van der Waals surface area contributed by atoms with Gasteiger partial charge in [-0.1, -0.05) is 105 Å². The van der Waals surface area contributed by atoms with Crippen LogP contribution >= 0.6 is 0 Å². The second kappa shape index (κ2) is 23.1. The van der Waals surface area contributed by atoms with Gasteiger partial charge >= 0.3 is 0 Å². The van der Waals surface area contributed by atoms with E-state index in [1.54, 1.807) is 0 Å². The number of hydrogen-bond acceptors (Lipinski definition) is 8. The first kappa shape index (κ1) is 51.0. The molecule has 0 saturated carbocycles. The van der Waals surface area contributed by atoms with Crippen LogP contribution < -0.4 is 0 Å². The molecule has 10 aromatic rings. The molecule has 2 saturated heterocycles. The second-order valence-electron chi connectivity index (χ2n) is 21.9. The van der Waals surface area contributed by atoms with E-state index in [-0.39, 0.29) is 10.8 Å². The lowest BCUT2D eigenvalue weighted by atomic mass is 9.84. The molecule has 0 radical (unpaired) electrons. The van der Waals surface area contributed by atoms with E-state index in [2.05, 4.69) is 175 Å². The fraction of sp³-hybridized carbons (Fsp3) is 0.343. The predicted molar refractivity (Wildman–Crippen MR) is 310 cm³/mol. The summed E-state index contributed by atoms with van der Waals surface area (Å²) in [6.07, 6.45) is 7.35. The van der Waals surface area contributed by atoms with Gasteiger partial charge in [-0.15, -0.1) is 0 Å². The van der Waals surface area contributed by atoms with Crippen molar-refractivity contribution >= 4 is 54.5 Å². The lowest BCUT2D eigenvalue weighted by Crippen LogP contribution is -2.45. The highest BCUT2D eigenvalue weighted by Crippen LogP contribution is 2.40. The van der Waals surface area contributed by atoms with Crippen molar-refractivity contribution in [3.8, 4) is 34.0 Å². The molecular formula is C67H70N4O6. The molecule has 10 heteroatoms. The van der Waals surface area contributed by atoms with Crippen molar-refractivity contribution in [2.24, 2.45) is 10.8 Å². The van der Waals surface area contributed by atoms with Crippen LogP contribution in [-0.2, 0) is 41.6 Å². The maximum atomic E-state index is 6.36. The van der Waals surface area contributed by atoms with Gasteiger partial charge in [-0.3, -0.25) is 4.57 Å². The van der Waals surface area contributed by atoms with Gasteiger partial charge in [-0.2, -0.15) is 0 Å². The molecule has 5 heterocycles. The van der Waals surface area contributed by atoms with Crippen LogP contribution in [0.2, 0.25) is 0 Å². The monoisotopic (exact) mass is 1030 g/mol. The SMILES string of the molecule is CCC1(COCCCCCOCc2ccc3c(c2)c2cc(-c4ccc5c(c4)c4cc(COCCCCCOCC6(C)COC6)ccc4n5-c4ccccc4)ccc2n3-c2nc(-c3ccccc3)c3ccccc3n2)COC1. The van der Waals surface area contributed by atoms with Crippen LogP contribution in [0, 0.1) is 10.8 Å². The number of aromatic nitrogens is 4. The van der Waals surface area contributed by atoms with Gasteiger partial charge < -0.3 is 33.0 Å². The summed E-state index contributed by atoms with van der Waals surface area (Å²) in [6.45, 7) is 13.4. The summed E-state index contributed by atoms with van der Waals surface area (Å²) in [5.41, 5.74) is 13.4. The number of benzene rings is 7. The Bertz CT molecular complexity index is 3630. The summed E-state index contributed by atoms with van der Waals surface area (Å²) >= 11 is 0. The molecule has 0 atom stereocenters. The highest BCUT2D eigenvalue weighted by Gasteiger charge is 2.37. The molecular weight excluding hydrogens is 957 g/mol. The van der Waals surface area contributed by atoms with Crippen molar-refractivity contribution in [2.45, 2.75) is 72.0 Å². The van der Waals surface area contributed by atoms with Crippen LogP contribution in [0.25, 0.3) is 88.5 Å². The minimum Gasteiger partial charge on any atom is -0.381 e. The zero-order chi connectivity index (χ0) is 52.0. The van der Waals surface area contributed by atoms with Gasteiger partial charge in [0.15, 0.2) is 0 Å². The third-order valence-corrected chi connectivity index (χ3v) is 15.9. The van der Waals surface area contributed by atoms with Crippen LogP contribution in [0.4, 0.5) is 0 Å². The van der Waals surface area contributed by atoms with Gasteiger partial charge in [-0.25, -0.2) is 9.97 Å². The molecule has 0 unspecified atom stereocenters. The standard InChI is InChI=1S/C67H70N4O6/c1-3-67(46-77-47-67)45-75-35-17-7-15-33-73-41-49-25-29-62-56(37-49)58-39-52(27-31-63(58)71(62)65-68-59-23-13-12-22-54(59)64(69-65)50-18-8-4-9-19-50)51-26-30-61-57(38-51)55-36-48(24-28-60(55)70(61)53-20-10-5-11-21-53)40-72-32-14-6-16-34-74-42-66(2)43-76-44-66/h4-5,8-13,18-31,36-39H,3,6-7,14-17,32-35,40-47H2,1-2H3. The number of hydrogen-bond donors (Lipinski definition) is 0. The van der Waals surface area contributed by atoms with Crippen molar-refractivity contribution in [1.29, 1.82) is 0 Å². The normalized spacial score (nSPS) is 15.0. The van der Waals surface area contributed by atoms with E-state index in [1.165, 1.54) is 21.9 Å².